The lowest BCUT2D eigenvalue weighted by atomic mass is 10.0. The van der Waals surface area contributed by atoms with Crippen LogP contribution >= 0.6 is 0 Å². The van der Waals surface area contributed by atoms with Crippen molar-refractivity contribution in [2.45, 2.75) is 47.5 Å². The third-order valence-electron chi connectivity index (χ3n) is 2.27. The molecule has 70 valence electrons. The predicted octanol–water partition coefficient (Wildman–Crippen LogP) is 3.38. The molecule has 0 unspecified atom stereocenters. The number of nitrogens with two attached hydrogens (primary N) is 1. The van der Waals surface area contributed by atoms with E-state index >= 15 is 0 Å². The van der Waals surface area contributed by atoms with Crippen LogP contribution in [0, 0.1) is 0 Å². The topological polar surface area (TPSA) is 26.0 Å². The third kappa shape index (κ3) is 2.72. The van der Waals surface area contributed by atoms with Crippen LogP contribution in [0.4, 0.5) is 0 Å². The molecule has 0 aromatic carbocycles. The van der Waals surface area contributed by atoms with Crippen LogP contribution in [0.5, 0.6) is 0 Å². The second-order valence-corrected chi connectivity index (χ2v) is 3.38. The molecule has 0 amide bonds. The van der Waals surface area contributed by atoms with Gasteiger partial charge in [0.1, 0.15) is 0 Å². The SMILES string of the molecule is CCC(=C(C)C)/C(N)=C(\C)CC. The van der Waals surface area contributed by atoms with Crippen molar-refractivity contribution in [3.63, 3.8) is 0 Å². The Morgan fingerprint density at radius 1 is 1.00 bits per heavy atom. The first-order valence-electron chi connectivity index (χ1n) is 4.66. The van der Waals surface area contributed by atoms with E-state index in [2.05, 4.69) is 34.6 Å². The second-order valence-electron chi connectivity index (χ2n) is 3.38. The zero-order valence-corrected chi connectivity index (χ0v) is 8.99. The van der Waals surface area contributed by atoms with Gasteiger partial charge in [0.05, 0.1) is 0 Å². The maximum atomic E-state index is 6.01. The molecule has 0 aliphatic rings. The van der Waals surface area contributed by atoms with E-state index < -0.39 is 0 Å². The molecule has 1 nitrogen and oxygen atoms in total. The van der Waals surface area contributed by atoms with Gasteiger partial charge < -0.3 is 5.73 Å². The van der Waals surface area contributed by atoms with Gasteiger partial charge in [-0.15, -0.1) is 0 Å². The molecule has 0 radical (unpaired) electrons. The molecule has 0 fully saturated rings. The standard InChI is InChI=1S/C11H21N/c1-6-9(5)11(12)10(7-2)8(3)4/h6-7,12H2,1-5H3/b11-9-. The van der Waals surface area contributed by atoms with Crippen molar-refractivity contribution in [2.75, 3.05) is 0 Å². The Labute approximate surface area is 76.3 Å². The molecule has 0 aromatic heterocycles. The highest BCUT2D eigenvalue weighted by Crippen LogP contribution is 2.18. The van der Waals surface area contributed by atoms with E-state index in [1.165, 1.54) is 16.7 Å². The molecule has 0 bridgehead atoms. The fourth-order valence-corrected chi connectivity index (χ4v) is 1.26. The van der Waals surface area contributed by atoms with E-state index in [1.807, 2.05) is 0 Å². The third-order valence-corrected chi connectivity index (χ3v) is 2.27. The quantitative estimate of drug-likeness (QED) is 0.641. The Morgan fingerprint density at radius 3 is 1.75 bits per heavy atom. The summed E-state index contributed by atoms with van der Waals surface area (Å²) in [4.78, 5) is 0. The zero-order chi connectivity index (χ0) is 9.72. The molecule has 0 spiro atoms. The maximum absolute atomic E-state index is 6.01. The van der Waals surface area contributed by atoms with E-state index in [0.717, 1.165) is 18.5 Å². The highest BCUT2D eigenvalue weighted by molar-refractivity contribution is 5.34. The average Bonchev–Trinajstić information content (AvgIpc) is 2.03. The van der Waals surface area contributed by atoms with Gasteiger partial charge in [-0.05, 0) is 39.2 Å². The molecule has 0 aromatic rings. The molecule has 0 atom stereocenters. The van der Waals surface area contributed by atoms with Gasteiger partial charge in [0.25, 0.3) is 0 Å². The van der Waals surface area contributed by atoms with Crippen molar-refractivity contribution >= 4 is 0 Å². The molecule has 0 saturated carbocycles. The van der Waals surface area contributed by atoms with Gasteiger partial charge >= 0.3 is 0 Å². The largest absolute Gasteiger partial charge is 0.399 e. The van der Waals surface area contributed by atoms with Crippen LogP contribution in [0.1, 0.15) is 47.5 Å². The van der Waals surface area contributed by atoms with Crippen molar-refractivity contribution in [1.29, 1.82) is 0 Å². The van der Waals surface area contributed by atoms with E-state index in [1.54, 1.807) is 0 Å². The molecule has 0 rings (SSSR count). The first-order valence-corrected chi connectivity index (χ1v) is 4.66. The smallest absolute Gasteiger partial charge is 0.0334 e. The summed E-state index contributed by atoms with van der Waals surface area (Å²) in [6, 6.07) is 0. The Hall–Kier alpha value is -0.720. The van der Waals surface area contributed by atoms with Crippen LogP contribution in [0.3, 0.4) is 0 Å². The Bertz CT molecular complexity index is 205. The van der Waals surface area contributed by atoms with Crippen LogP contribution in [0.15, 0.2) is 22.4 Å². The summed E-state index contributed by atoms with van der Waals surface area (Å²) in [5.74, 6) is 0. The minimum atomic E-state index is 1.00. The molecule has 12 heavy (non-hydrogen) atoms. The van der Waals surface area contributed by atoms with Crippen LogP contribution < -0.4 is 5.73 Å². The predicted molar refractivity (Wildman–Crippen MR) is 55.8 cm³/mol. The van der Waals surface area contributed by atoms with Gasteiger partial charge in [-0.1, -0.05) is 25.0 Å². The summed E-state index contributed by atoms with van der Waals surface area (Å²) in [5, 5.41) is 0. The van der Waals surface area contributed by atoms with E-state index in [-0.39, 0.29) is 0 Å². The van der Waals surface area contributed by atoms with Crippen molar-refractivity contribution in [3.8, 4) is 0 Å². The lowest BCUT2D eigenvalue weighted by Crippen LogP contribution is -2.05. The van der Waals surface area contributed by atoms with Crippen molar-refractivity contribution in [2.24, 2.45) is 5.73 Å². The minimum Gasteiger partial charge on any atom is -0.399 e. The fourth-order valence-electron chi connectivity index (χ4n) is 1.26. The summed E-state index contributed by atoms with van der Waals surface area (Å²) in [6.07, 6.45) is 2.08. The lowest BCUT2D eigenvalue weighted by Gasteiger charge is -2.10. The lowest BCUT2D eigenvalue weighted by molar-refractivity contribution is 0.984. The summed E-state index contributed by atoms with van der Waals surface area (Å²) in [5.41, 5.74) is 11.0. The summed E-state index contributed by atoms with van der Waals surface area (Å²) in [7, 11) is 0. The molecule has 1 heteroatoms. The number of allylic oxidation sites excluding steroid dienone is 3. The first kappa shape index (κ1) is 11.3. The second kappa shape index (κ2) is 5.02. The zero-order valence-electron chi connectivity index (χ0n) is 8.99. The molecule has 2 N–H and O–H groups in total. The maximum Gasteiger partial charge on any atom is 0.0334 e. The average molecular weight is 167 g/mol. The highest BCUT2D eigenvalue weighted by atomic mass is 14.6. The van der Waals surface area contributed by atoms with Gasteiger partial charge in [0, 0.05) is 5.70 Å². The minimum absolute atomic E-state index is 1.00. The molecule has 0 aliphatic carbocycles. The van der Waals surface area contributed by atoms with Crippen molar-refractivity contribution < 1.29 is 0 Å². The van der Waals surface area contributed by atoms with Gasteiger partial charge in [0.2, 0.25) is 0 Å². The molecular weight excluding hydrogens is 146 g/mol. The van der Waals surface area contributed by atoms with Gasteiger partial charge in [-0.2, -0.15) is 0 Å². The monoisotopic (exact) mass is 167 g/mol. The van der Waals surface area contributed by atoms with Crippen LogP contribution in [-0.4, -0.2) is 0 Å². The van der Waals surface area contributed by atoms with Crippen LogP contribution in [0.25, 0.3) is 0 Å². The Kier molecular flexibility index (Phi) is 4.72. The number of hydrogen-bond acceptors (Lipinski definition) is 1. The van der Waals surface area contributed by atoms with Gasteiger partial charge in [-0.3, -0.25) is 0 Å². The van der Waals surface area contributed by atoms with Gasteiger partial charge in [-0.25, -0.2) is 0 Å². The van der Waals surface area contributed by atoms with Crippen molar-refractivity contribution in [1.82, 2.24) is 0 Å². The van der Waals surface area contributed by atoms with Gasteiger partial charge in [0.15, 0.2) is 0 Å². The molecule has 0 aliphatic heterocycles. The van der Waals surface area contributed by atoms with Crippen LogP contribution in [-0.2, 0) is 0 Å². The Morgan fingerprint density at radius 2 is 1.50 bits per heavy atom. The first-order chi connectivity index (χ1) is 5.54. The number of rotatable bonds is 3. The summed E-state index contributed by atoms with van der Waals surface area (Å²) >= 11 is 0. The molecule has 0 heterocycles. The molecular formula is C11H21N. The van der Waals surface area contributed by atoms with Crippen LogP contribution in [0.2, 0.25) is 0 Å². The normalized spacial score (nSPS) is 12.4. The summed E-state index contributed by atoms with van der Waals surface area (Å²) < 4.78 is 0. The fraction of sp³-hybridized carbons (Fsp3) is 0.636. The summed E-state index contributed by atoms with van der Waals surface area (Å²) in [6.45, 7) is 10.6. The molecule has 0 saturated heterocycles. The van der Waals surface area contributed by atoms with E-state index in [0.29, 0.717) is 0 Å². The van der Waals surface area contributed by atoms with E-state index in [9.17, 15) is 0 Å². The number of hydrogen-bond donors (Lipinski definition) is 1. The Balaban J connectivity index is 4.90. The van der Waals surface area contributed by atoms with E-state index in [4.69, 9.17) is 5.73 Å². The van der Waals surface area contributed by atoms with Crippen molar-refractivity contribution in [3.05, 3.63) is 22.4 Å². The highest BCUT2D eigenvalue weighted by Gasteiger charge is 2.02.